The smallest absolute Gasteiger partial charge is 0.223 e. The molecule has 5 nitrogen and oxygen atoms in total. The van der Waals surface area contributed by atoms with Crippen molar-refractivity contribution in [2.75, 3.05) is 31.9 Å². The molecule has 2 aliphatic heterocycles. The highest BCUT2D eigenvalue weighted by Crippen LogP contribution is 2.39. The number of aliphatic imine (C=N–C) groups is 1. The van der Waals surface area contributed by atoms with Gasteiger partial charge in [0.15, 0.2) is 0 Å². The van der Waals surface area contributed by atoms with Crippen molar-refractivity contribution in [2.45, 2.75) is 31.1 Å². The number of nitrogens with zero attached hydrogens (tertiary/aromatic N) is 3. The van der Waals surface area contributed by atoms with Gasteiger partial charge in [0, 0.05) is 67.0 Å². The zero-order valence-electron chi connectivity index (χ0n) is 17.5. The van der Waals surface area contributed by atoms with Crippen LogP contribution in [-0.4, -0.2) is 63.6 Å². The molecule has 2 fully saturated rings. The molecule has 1 aromatic rings. The minimum Gasteiger partial charge on any atom is -0.383 e. The van der Waals surface area contributed by atoms with E-state index >= 15 is 0 Å². The first-order chi connectivity index (χ1) is 15.1. The minimum atomic E-state index is 0.316. The number of amidine groups is 1. The fourth-order valence-electron chi connectivity index (χ4n) is 3.94. The molecular weight excluding hydrogens is 444 g/mol. The number of benzene rings is 1. The van der Waals surface area contributed by atoms with Crippen LogP contribution >= 0.6 is 33.8 Å². The lowest BCUT2D eigenvalue weighted by Crippen LogP contribution is -2.48. The van der Waals surface area contributed by atoms with E-state index in [4.69, 9.17) is 18.0 Å². The number of amides is 1. The molecule has 0 bridgehead atoms. The fourth-order valence-corrected chi connectivity index (χ4v) is 7.10. The van der Waals surface area contributed by atoms with E-state index in [0.29, 0.717) is 23.4 Å². The van der Waals surface area contributed by atoms with Crippen LogP contribution in [0.2, 0.25) is 0 Å². The monoisotopic (exact) mass is 472 g/mol. The van der Waals surface area contributed by atoms with E-state index in [-0.39, 0.29) is 0 Å². The van der Waals surface area contributed by atoms with E-state index in [1.54, 1.807) is 0 Å². The largest absolute Gasteiger partial charge is 0.383 e. The molecule has 0 spiro atoms. The van der Waals surface area contributed by atoms with Crippen molar-refractivity contribution in [3.8, 4) is 0 Å². The average molecular weight is 473 g/mol. The fraction of sp³-hybridized carbons (Fsp3) is 0.435. The van der Waals surface area contributed by atoms with Gasteiger partial charge in [0.25, 0.3) is 0 Å². The molecule has 0 radical (unpaired) electrons. The maximum atomic E-state index is 12.6. The summed E-state index contributed by atoms with van der Waals surface area (Å²) in [7, 11) is 3.77. The Morgan fingerprint density at radius 3 is 2.84 bits per heavy atom. The lowest BCUT2D eigenvalue weighted by molar-refractivity contribution is -0.133. The summed E-state index contributed by atoms with van der Waals surface area (Å²) in [4.78, 5) is 22.4. The molecule has 3 aliphatic rings. The molecule has 0 saturated carbocycles. The molecule has 4 rings (SSSR count). The van der Waals surface area contributed by atoms with Gasteiger partial charge in [0.2, 0.25) is 5.91 Å². The van der Waals surface area contributed by atoms with Gasteiger partial charge in [0.1, 0.15) is 5.84 Å². The van der Waals surface area contributed by atoms with Crippen LogP contribution in [0, 0.1) is 0 Å². The summed E-state index contributed by atoms with van der Waals surface area (Å²) in [6.07, 6.45) is 8.52. The van der Waals surface area contributed by atoms with Gasteiger partial charge in [0.05, 0.1) is 5.69 Å². The molecule has 2 saturated heterocycles. The molecule has 1 amide bonds. The minimum absolute atomic E-state index is 0.316. The van der Waals surface area contributed by atoms with Gasteiger partial charge in [-0.25, -0.2) is 4.99 Å². The molecule has 2 heterocycles. The Morgan fingerprint density at radius 2 is 2.10 bits per heavy atom. The van der Waals surface area contributed by atoms with Crippen LogP contribution in [0.25, 0.3) is 0 Å². The summed E-state index contributed by atoms with van der Waals surface area (Å²) in [5.41, 5.74) is 9.11. The molecule has 2 N–H and O–H groups in total. The summed E-state index contributed by atoms with van der Waals surface area (Å²) in [5, 5.41) is 0.501. The van der Waals surface area contributed by atoms with Gasteiger partial charge >= 0.3 is 0 Å². The predicted molar refractivity (Wildman–Crippen MR) is 137 cm³/mol. The van der Waals surface area contributed by atoms with Crippen LogP contribution in [0.1, 0.15) is 24.8 Å². The molecule has 1 atom stereocenters. The predicted octanol–water partition coefficient (Wildman–Crippen LogP) is 4.12. The molecule has 1 aliphatic carbocycles. The first-order valence-electron chi connectivity index (χ1n) is 10.7. The molecule has 1 unspecified atom stereocenters. The van der Waals surface area contributed by atoms with E-state index in [2.05, 4.69) is 22.0 Å². The Balaban J connectivity index is 1.31. The van der Waals surface area contributed by atoms with Gasteiger partial charge < -0.3 is 10.6 Å². The highest BCUT2D eigenvalue weighted by atomic mass is 33.1. The summed E-state index contributed by atoms with van der Waals surface area (Å²) in [5.74, 6) is 1.96. The molecule has 0 aromatic heterocycles. The number of rotatable bonds is 6. The van der Waals surface area contributed by atoms with Crippen molar-refractivity contribution in [2.24, 2.45) is 10.7 Å². The van der Waals surface area contributed by atoms with E-state index in [9.17, 15) is 4.79 Å². The third-order valence-corrected chi connectivity index (χ3v) is 9.02. The quantitative estimate of drug-likeness (QED) is 0.291. The van der Waals surface area contributed by atoms with E-state index in [0.717, 1.165) is 61.7 Å². The maximum absolute atomic E-state index is 12.6. The maximum Gasteiger partial charge on any atom is 0.223 e. The van der Waals surface area contributed by atoms with Gasteiger partial charge in [-0.3, -0.25) is 9.69 Å². The van der Waals surface area contributed by atoms with Crippen molar-refractivity contribution in [3.63, 3.8) is 0 Å². The number of piperazine rings is 1. The van der Waals surface area contributed by atoms with Crippen molar-refractivity contribution >= 4 is 56.1 Å². The van der Waals surface area contributed by atoms with Crippen molar-refractivity contribution in [3.05, 3.63) is 53.6 Å². The summed E-state index contributed by atoms with van der Waals surface area (Å²) in [6.45, 7) is 4.29. The number of carbonyl (C=O) groups is 1. The van der Waals surface area contributed by atoms with E-state index in [1.165, 1.54) is 11.3 Å². The number of nitrogens with two attached hydrogens (primary N) is 1. The first-order valence-corrected chi connectivity index (χ1v) is 13.5. The number of hydrogen-bond donors (Lipinski definition) is 1. The Kier molecular flexibility index (Phi) is 7.87. The van der Waals surface area contributed by atoms with E-state index < -0.39 is 0 Å². The van der Waals surface area contributed by atoms with Gasteiger partial charge in [-0.1, -0.05) is 64.2 Å². The Bertz CT molecular complexity index is 913. The second kappa shape index (κ2) is 10.8. The molecule has 1 aromatic carbocycles. The van der Waals surface area contributed by atoms with Gasteiger partial charge in [-0.2, -0.15) is 0 Å². The molecule has 8 heteroatoms. The second-order valence-corrected chi connectivity index (χ2v) is 11.3. The van der Waals surface area contributed by atoms with E-state index in [1.807, 2.05) is 56.8 Å². The van der Waals surface area contributed by atoms with Crippen LogP contribution in [0.4, 0.5) is 5.69 Å². The normalized spacial score (nSPS) is 22.6. The molecule has 164 valence electrons. The second-order valence-electron chi connectivity index (χ2n) is 7.99. The summed E-state index contributed by atoms with van der Waals surface area (Å²) in [6, 6.07) is 8.19. The standard InChI is InChI=1S/C23H28N4OS3/c24-23(20-6-1-2-7-21(20)29)25-18-5-3-4-17(14-18)16-26-9-11-27(12-10-26)22(28)15-19-8-13-30-31-19/h1-6,14,19H,7-13,15-16H2,(H2,24,25). The zero-order valence-corrected chi connectivity index (χ0v) is 20.0. The Labute approximate surface area is 197 Å². The summed E-state index contributed by atoms with van der Waals surface area (Å²) >= 11 is 5.40. The lowest BCUT2D eigenvalue weighted by atomic mass is 10.0. The van der Waals surface area contributed by atoms with Crippen LogP contribution in [0.15, 0.2) is 53.1 Å². The van der Waals surface area contributed by atoms with Crippen LogP contribution in [0.5, 0.6) is 0 Å². The lowest BCUT2D eigenvalue weighted by Gasteiger charge is -2.35. The number of allylic oxidation sites excluding steroid dienone is 3. The topological polar surface area (TPSA) is 61.9 Å². The SMILES string of the molecule is NC(=Nc1cccc(CN2CCN(C(=O)CC3CCSS3)CC2)c1)C1=CC=CCC1=S. The number of hydrogen-bond acceptors (Lipinski definition) is 6. The third-order valence-electron chi connectivity index (χ3n) is 5.70. The van der Waals surface area contributed by atoms with Crippen LogP contribution in [-0.2, 0) is 11.3 Å². The van der Waals surface area contributed by atoms with Crippen molar-refractivity contribution in [1.82, 2.24) is 9.80 Å². The van der Waals surface area contributed by atoms with Crippen LogP contribution < -0.4 is 5.73 Å². The molecule has 31 heavy (non-hydrogen) atoms. The first kappa shape index (κ1) is 22.6. The van der Waals surface area contributed by atoms with Crippen LogP contribution in [0.3, 0.4) is 0 Å². The highest BCUT2D eigenvalue weighted by Gasteiger charge is 2.26. The van der Waals surface area contributed by atoms with Crippen molar-refractivity contribution < 1.29 is 4.79 Å². The summed E-state index contributed by atoms with van der Waals surface area (Å²) < 4.78 is 0. The average Bonchev–Trinajstić information content (AvgIpc) is 3.28. The number of thiocarbonyl (C=S) groups is 1. The highest BCUT2D eigenvalue weighted by molar-refractivity contribution is 8.77. The number of carbonyl (C=O) groups excluding carboxylic acids is 1. The van der Waals surface area contributed by atoms with Gasteiger partial charge in [-0.05, 0) is 24.1 Å². The third kappa shape index (κ3) is 6.22. The Morgan fingerprint density at radius 1 is 1.26 bits per heavy atom. The van der Waals surface area contributed by atoms with Crippen molar-refractivity contribution in [1.29, 1.82) is 0 Å². The zero-order chi connectivity index (χ0) is 21.6. The van der Waals surface area contributed by atoms with Gasteiger partial charge in [-0.15, -0.1) is 0 Å². The molecular formula is C23H28N4OS3. The Hall–Kier alpha value is -1.61.